The summed E-state index contributed by atoms with van der Waals surface area (Å²) >= 11 is 0. The van der Waals surface area contributed by atoms with Gasteiger partial charge in [-0.05, 0) is 25.1 Å². The summed E-state index contributed by atoms with van der Waals surface area (Å²) in [5.41, 5.74) is 3.73. The topological polar surface area (TPSA) is 83.8 Å². The average Bonchev–Trinajstić information content (AvgIpc) is 2.91. The molecular weight excluding hydrogens is 285 g/mol. The number of nitrogens with zero attached hydrogens (tertiary/aromatic N) is 1. The molecule has 0 saturated heterocycles. The Labute approximate surface area is 118 Å². The number of nitrogens with one attached hydrogen (secondary N) is 2. The summed E-state index contributed by atoms with van der Waals surface area (Å²) in [6, 6.07) is 2.59. The Morgan fingerprint density at radius 3 is 2.71 bits per heavy atom. The molecule has 1 aromatic heterocycles. The first-order chi connectivity index (χ1) is 9.79. The van der Waals surface area contributed by atoms with E-state index in [1.54, 1.807) is 13.1 Å². The molecule has 1 atom stereocenters. The summed E-state index contributed by atoms with van der Waals surface area (Å²) in [5, 5.41) is 2.56. The molecule has 0 radical (unpaired) electrons. The Balaban J connectivity index is 2.20. The van der Waals surface area contributed by atoms with Crippen molar-refractivity contribution in [3.8, 4) is 0 Å². The fourth-order valence-corrected chi connectivity index (χ4v) is 1.81. The maximum Gasteiger partial charge on any atom is 0.418 e. The van der Waals surface area contributed by atoms with Gasteiger partial charge in [0.15, 0.2) is 0 Å². The zero-order valence-corrected chi connectivity index (χ0v) is 11.0. The number of hydrogen-bond acceptors (Lipinski definition) is 3. The van der Waals surface area contributed by atoms with Gasteiger partial charge < -0.3 is 16.0 Å². The first-order valence-corrected chi connectivity index (χ1v) is 6.06. The average molecular weight is 298 g/mol. The van der Waals surface area contributed by atoms with Crippen LogP contribution in [0.15, 0.2) is 30.6 Å². The van der Waals surface area contributed by atoms with Crippen molar-refractivity contribution in [2.24, 2.45) is 0 Å². The van der Waals surface area contributed by atoms with E-state index in [0.717, 1.165) is 12.1 Å². The van der Waals surface area contributed by atoms with Crippen LogP contribution in [0.2, 0.25) is 0 Å². The number of nitrogens with two attached hydrogens (primary N) is 1. The highest BCUT2D eigenvalue weighted by Gasteiger charge is 2.33. The molecule has 0 fully saturated rings. The molecule has 1 aromatic carbocycles. The molecule has 0 saturated carbocycles. The van der Waals surface area contributed by atoms with Gasteiger partial charge in [-0.2, -0.15) is 13.2 Å². The maximum absolute atomic E-state index is 12.8. The molecule has 4 N–H and O–H groups in total. The highest BCUT2D eigenvalue weighted by Crippen LogP contribution is 2.34. The molecule has 112 valence electrons. The van der Waals surface area contributed by atoms with Crippen LogP contribution in [0.25, 0.3) is 0 Å². The summed E-state index contributed by atoms with van der Waals surface area (Å²) in [7, 11) is 0. The normalized spacial score (nSPS) is 13.0. The smallest absolute Gasteiger partial charge is 0.398 e. The molecule has 0 aliphatic heterocycles. The van der Waals surface area contributed by atoms with E-state index in [0.29, 0.717) is 5.82 Å². The minimum absolute atomic E-state index is 0.116. The number of aromatic nitrogens is 2. The number of alkyl halides is 3. The third-order valence-electron chi connectivity index (χ3n) is 2.90. The van der Waals surface area contributed by atoms with Crippen molar-refractivity contribution < 1.29 is 18.0 Å². The van der Waals surface area contributed by atoms with E-state index in [2.05, 4.69) is 15.3 Å². The lowest BCUT2D eigenvalue weighted by Gasteiger charge is -2.14. The third kappa shape index (κ3) is 3.33. The molecule has 8 heteroatoms. The number of carbonyl (C=O) groups is 1. The lowest BCUT2D eigenvalue weighted by molar-refractivity contribution is -0.136. The zero-order valence-electron chi connectivity index (χ0n) is 11.0. The number of H-pyrrole nitrogens is 1. The van der Waals surface area contributed by atoms with E-state index in [1.165, 1.54) is 12.3 Å². The Morgan fingerprint density at radius 1 is 1.43 bits per heavy atom. The molecule has 1 heterocycles. The van der Waals surface area contributed by atoms with Crippen LogP contribution in [0.3, 0.4) is 0 Å². The predicted octanol–water partition coefficient (Wildman–Crippen LogP) is 2.50. The van der Waals surface area contributed by atoms with Gasteiger partial charge >= 0.3 is 6.18 Å². The van der Waals surface area contributed by atoms with Gasteiger partial charge in [-0.3, -0.25) is 4.79 Å². The summed E-state index contributed by atoms with van der Waals surface area (Å²) in [6.07, 6.45) is -1.50. The van der Waals surface area contributed by atoms with Gasteiger partial charge in [0.2, 0.25) is 0 Å². The number of nitrogen functional groups attached to an aromatic ring is 1. The second kappa shape index (κ2) is 5.47. The van der Waals surface area contributed by atoms with Gasteiger partial charge in [0, 0.05) is 23.6 Å². The minimum Gasteiger partial charge on any atom is -0.398 e. The number of benzene rings is 1. The molecule has 2 aromatic rings. The fraction of sp³-hybridized carbons (Fsp3) is 0.231. The molecule has 21 heavy (non-hydrogen) atoms. The second-order valence-electron chi connectivity index (χ2n) is 4.47. The van der Waals surface area contributed by atoms with E-state index < -0.39 is 29.4 Å². The van der Waals surface area contributed by atoms with Crippen LogP contribution in [0.1, 0.15) is 34.7 Å². The van der Waals surface area contributed by atoms with Crippen LogP contribution in [-0.4, -0.2) is 15.9 Å². The van der Waals surface area contributed by atoms with E-state index >= 15 is 0 Å². The Hall–Kier alpha value is -2.51. The SMILES string of the molecule is CC(NC(=O)c1ccc(N)c(C(F)(F)F)c1)c1ncc[nH]1. The minimum atomic E-state index is -4.60. The third-order valence-corrected chi connectivity index (χ3v) is 2.90. The summed E-state index contributed by atoms with van der Waals surface area (Å²) in [4.78, 5) is 18.8. The van der Waals surface area contributed by atoms with Gasteiger partial charge in [0.25, 0.3) is 5.91 Å². The van der Waals surface area contributed by atoms with Gasteiger partial charge in [-0.15, -0.1) is 0 Å². The summed E-state index contributed by atoms with van der Waals surface area (Å²) < 4.78 is 38.3. The van der Waals surface area contributed by atoms with Crippen LogP contribution in [-0.2, 0) is 6.18 Å². The van der Waals surface area contributed by atoms with Crippen LogP contribution in [0.4, 0.5) is 18.9 Å². The molecule has 0 bridgehead atoms. The van der Waals surface area contributed by atoms with Gasteiger partial charge in [-0.25, -0.2) is 4.98 Å². The number of hydrogen-bond donors (Lipinski definition) is 3. The standard InChI is InChI=1S/C13H13F3N4O/c1-7(11-18-4-5-19-11)20-12(21)8-2-3-10(17)9(6-8)13(14,15)16/h2-7H,17H2,1H3,(H,18,19)(H,20,21). The molecule has 0 aliphatic rings. The number of carbonyl (C=O) groups excluding carboxylic acids is 1. The Morgan fingerprint density at radius 2 is 2.14 bits per heavy atom. The van der Waals surface area contributed by atoms with E-state index in [-0.39, 0.29) is 5.56 Å². The van der Waals surface area contributed by atoms with Crippen LogP contribution in [0, 0.1) is 0 Å². The van der Waals surface area contributed by atoms with Crippen molar-refractivity contribution in [1.82, 2.24) is 15.3 Å². The van der Waals surface area contributed by atoms with Crippen LogP contribution >= 0.6 is 0 Å². The first-order valence-electron chi connectivity index (χ1n) is 6.06. The monoisotopic (exact) mass is 298 g/mol. The quantitative estimate of drug-likeness (QED) is 0.761. The van der Waals surface area contributed by atoms with Crippen LogP contribution < -0.4 is 11.1 Å². The molecule has 5 nitrogen and oxygen atoms in total. The molecular formula is C13H13F3N4O. The number of rotatable bonds is 3. The van der Waals surface area contributed by atoms with Crippen molar-refractivity contribution >= 4 is 11.6 Å². The van der Waals surface area contributed by atoms with Crippen molar-refractivity contribution in [3.05, 3.63) is 47.5 Å². The van der Waals surface area contributed by atoms with Crippen molar-refractivity contribution in [2.45, 2.75) is 19.1 Å². The lowest BCUT2D eigenvalue weighted by Crippen LogP contribution is -2.27. The van der Waals surface area contributed by atoms with Crippen molar-refractivity contribution in [2.75, 3.05) is 5.73 Å². The predicted molar refractivity (Wildman–Crippen MR) is 70.3 cm³/mol. The lowest BCUT2D eigenvalue weighted by atomic mass is 10.1. The molecule has 1 unspecified atom stereocenters. The number of imidazole rings is 1. The molecule has 0 spiro atoms. The maximum atomic E-state index is 12.8. The number of anilines is 1. The van der Waals surface area contributed by atoms with E-state index in [9.17, 15) is 18.0 Å². The van der Waals surface area contributed by atoms with Gasteiger partial charge in [-0.1, -0.05) is 0 Å². The molecule has 2 rings (SSSR count). The van der Waals surface area contributed by atoms with Crippen molar-refractivity contribution in [1.29, 1.82) is 0 Å². The van der Waals surface area contributed by atoms with Crippen LogP contribution in [0.5, 0.6) is 0 Å². The number of halogens is 3. The van der Waals surface area contributed by atoms with E-state index in [1.807, 2.05) is 0 Å². The largest absolute Gasteiger partial charge is 0.418 e. The van der Waals surface area contributed by atoms with E-state index in [4.69, 9.17) is 5.73 Å². The molecule has 0 aliphatic carbocycles. The highest BCUT2D eigenvalue weighted by molar-refractivity contribution is 5.95. The second-order valence-corrected chi connectivity index (χ2v) is 4.47. The molecule has 1 amide bonds. The zero-order chi connectivity index (χ0) is 15.6. The van der Waals surface area contributed by atoms with Gasteiger partial charge in [0.1, 0.15) is 5.82 Å². The summed E-state index contributed by atoms with van der Waals surface area (Å²) in [5.74, 6) is -0.126. The van der Waals surface area contributed by atoms with Gasteiger partial charge in [0.05, 0.1) is 11.6 Å². The Kier molecular flexibility index (Phi) is 3.88. The highest BCUT2D eigenvalue weighted by atomic mass is 19.4. The van der Waals surface area contributed by atoms with Crippen molar-refractivity contribution in [3.63, 3.8) is 0 Å². The fourth-order valence-electron chi connectivity index (χ4n) is 1.81. The first kappa shape index (κ1) is 14.9. The Bertz CT molecular complexity index is 637. The summed E-state index contributed by atoms with van der Waals surface area (Å²) in [6.45, 7) is 1.67. The number of amides is 1. The number of aromatic amines is 1.